The van der Waals surface area contributed by atoms with Gasteiger partial charge in [-0.15, -0.1) is 0 Å². The van der Waals surface area contributed by atoms with Crippen LogP contribution < -0.4 is 5.73 Å². The Morgan fingerprint density at radius 2 is 1.67 bits per heavy atom. The Bertz CT molecular complexity index is 1750. The molecule has 2 atom stereocenters. The monoisotopic (exact) mass is 616 g/mol. The quantitative estimate of drug-likeness (QED) is 0.170. The molecule has 7 rings (SSSR count). The number of H-pyrrole nitrogens is 1. The molecule has 1 amide bonds. The fraction of sp³-hybridized carbons (Fsp3) is 0.462. The first-order chi connectivity index (χ1) is 22.1. The number of hydrogen-bond donors (Lipinski definition) is 2. The number of pyridine rings is 1. The second-order valence-electron chi connectivity index (χ2n) is 14.7. The van der Waals surface area contributed by atoms with Crippen molar-refractivity contribution in [3.8, 4) is 11.3 Å². The number of aromatic nitrogens is 2. The molecule has 0 aliphatic carbocycles. The normalized spacial score (nSPS) is 22.3. The first kappa shape index (κ1) is 30.5. The summed E-state index contributed by atoms with van der Waals surface area (Å²) < 4.78 is 0. The molecule has 3 N–H and O–H groups in total. The Labute approximate surface area is 273 Å². The molecule has 3 saturated heterocycles. The molecule has 2 aromatic heterocycles. The van der Waals surface area contributed by atoms with Crippen molar-refractivity contribution in [2.45, 2.75) is 96.1 Å². The van der Waals surface area contributed by atoms with Crippen molar-refractivity contribution in [3.63, 3.8) is 0 Å². The number of nitrogens with one attached hydrogen (secondary N) is 1. The maximum Gasteiger partial charge on any atom is 0.233 e. The minimum Gasteiger partial charge on any atom is -0.370 e. The zero-order chi connectivity index (χ0) is 32.2. The minimum absolute atomic E-state index is 0.102. The van der Waals surface area contributed by atoms with Crippen LogP contribution in [-0.2, 0) is 10.2 Å². The van der Waals surface area contributed by atoms with Crippen LogP contribution >= 0.6 is 0 Å². The number of nitrogens with two attached hydrogens (primary N) is 1. The zero-order valence-corrected chi connectivity index (χ0v) is 28.0. The van der Waals surface area contributed by atoms with Gasteiger partial charge >= 0.3 is 0 Å². The van der Waals surface area contributed by atoms with Crippen LogP contribution in [0.2, 0.25) is 0 Å². The Balaban J connectivity index is 1.22. The maximum atomic E-state index is 14.1. The van der Waals surface area contributed by atoms with Gasteiger partial charge in [-0.25, -0.2) is 0 Å². The minimum atomic E-state index is -0.610. The summed E-state index contributed by atoms with van der Waals surface area (Å²) in [7, 11) is 0. The van der Waals surface area contributed by atoms with E-state index in [2.05, 4.69) is 103 Å². The van der Waals surface area contributed by atoms with Crippen LogP contribution in [0.25, 0.3) is 22.2 Å². The number of guanidine groups is 1. The predicted molar refractivity (Wildman–Crippen MR) is 187 cm³/mol. The number of amides is 1. The average molecular weight is 617 g/mol. The van der Waals surface area contributed by atoms with Crippen molar-refractivity contribution in [1.29, 1.82) is 0 Å². The van der Waals surface area contributed by atoms with Crippen molar-refractivity contribution in [1.82, 2.24) is 19.8 Å². The Morgan fingerprint density at radius 1 is 1.00 bits per heavy atom. The summed E-state index contributed by atoms with van der Waals surface area (Å²) >= 11 is 0. The summed E-state index contributed by atoms with van der Waals surface area (Å²) in [4.78, 5) is 31.5. The Hall–Kier alpha value is -4.13. The van der Waals surface area contributed by atoms with E-state index >= 15 is 0 Å². The van der Waals surface area contributed by atoms with Crippen LogP contribution in [0.1, 0.15) is 92.5 Å². The number of nitrogens with zero attached hydrogens (tertiary/aromatic N) is 4. The summed E-state index contributed by atoms with van der Waals surface area (Å²) in [6.45, 7) is 13.1. The molecular formula is C39H48N6O. The molecular weight excluding hydrogens is 568 g/mol. The summed E-state index contributed by atoms with van der Waals surface area (Å²) in [5.74, 6) is 1.43. The number of aliphatic imine (C=N–C) groups is 1. The number of fused-ring (bicyclic) bond motifs is 3. The number of hydrogen-bond acceptors (Lipinski definition) is 3. The van der Waals surface area contributed by atoms with E-state index < -0.39 is 5.41 Å². The van der Waals surface area contributed by atoms with Gasteiger partial charge < -0.3 is 20.5 Å². The lowest BCUT2D eigenvalue weighted by Crippen LogP contribution is -2.45. The van der Waals surface area contributed by atoms with Crippen molar-refractivity contribution in [2.75, 3.05) is 19.6 Å². The van der Waals surface area contributed by atoms with Gasteiger partial charge in [0.2, 0.25) is 5.91 Å². The first-order valence-electron chi connectivity index (χ1n) is 17.1. The molecule has 3 aliphatic heterocycles. The molecule has 240 valence electrons. The molecule has 3 aliphatic rings. The fourth-order valence-corrected chi connectivity index (χ4v) is 8.45. The average Bonchev–Trinajstić information content (AvgIpc) is 3.86. The molecule has 0 saturated carbocycles. The van der Waals surface area contributed by atoms with Crippen molar-refractivity contribution in [2.24, 2.45) is 10.7 Å². The molecule has 0 spiro atoms. The van der Waals surface area contributed by atoms with E-state index in [1.165, 1.54) is 27.8 Å². The van der Waals surface area contributed by atoms with E-state index in [1.807, 2.05) is 12.4 Å². The Kier molecular flexibility index (Phi) is 7.90. The lowest BCUT2D eigenvalue weighted by molar-refractivity contribution is -0.137. The first-order valence-corrected chi connectivity index (χ1v) is 17.1. The molecule has 2 aromatic carbocycles. The maximum absolute atomic E-state index is 14.1. The van der Waals surface area contributed by atoms with Gasteiger partial charge in [0, 0.05) is 66.9 Å². The van der Waals surface area contributed by atoms with Crippen LogP contribution in [0, 0.1) is 13.8 Å². The van der Waals surface area contributed by atoms with Crippen molar-refractivity contribution in [3.05, 3.63) is 88.7 Å². The second-order valence-corrected chi connectivity index (χ2v) is 14.7. The van der Waals surface area contributed by atoms with Crippen molar-refractivity contribution < 1.29 is 4.79 Å². The lowest BCUT2D eigenvalue weighted by atomic mass is 9.81. The van der Waals surface area contributed by atoms with E-state index in [0.29, 0.717) is 30.5 Å². The Morgan fingerprint density at radius 3 is 2.35 bits per heavy atom. The number of carbonyl (C=O) groups is 1. The van der Waals surface area contributed by atoms with Crippen molar-refractivity contribution >= 4 is 22.8 Å². The van der Waals surface area contributed by atoms with E-state index in [0.717, 1.165) is 67.4 Å². The highest BCUT2D eigenvalue weighted by Gasteiger charge is 2.47. The molecule has 5 heterocycles. The summed E-state index contributed by atoms with van der Waals surface area (Å²) in [5.41, 5.74) is 15.5. The molecule has 46 heavy (non-hydrogen) atoms. The molecule has 1 unspecified atom stereocenters. The van der Waals surface area contributed by atoms with Crippen LogP contribution in [-0.4, -0.2) is 63.4 Å². The van der Waals surface area contributed by atoms with Crippen LogP contribution in [0.15, 0.2) is 65.9 Å². The van der Waals surface area contributed by atoms with Gasteiger partial charge in [-0.3, -0.25) is 14.8 Å². The fourth-order valence-electron chi connectivity index (χ4n) is 8.45. The summed E-state index contributed by atoms with van der Waals surface area (Å²) in [6.07, 6.45) is 9.39. The highest BCUT2D eigenvalue weighted by atomic mass is 16.2. The van der Waals surface area contributed by atoms with Crippen LogP contribution in [0.5, 0.6) is 0 Å². The topological polar surface area (TPSA) is 90.6 Å². The van der Waals surface area contributed by atoms with E-state index in [1.54, 1.807) is 0 Å². The molecule has 4 aromatic rings. The number of rotatable bonds is 7. The van der Waals surface area contributed by atoms with E-state index in [-0.39, 0.29) is 11.8 Å². The lowest BCUT2D eigenvalue weighted by Gasteiger charge is -2.33. The second kappa shape index (κ2) is 11.9. The smallest absolute Gasteiger partial charge is 0.233 e. The van der Waals surface area contributed by atoms with Crippen LogP contribution in [0.3, 0.4) is 0 Å². The van der Waals surface area contributed by atoms with E-state index in [4.69, 9.17) is 10.7 Å². The van der Waals surface area contributed by atoms with Gasteiger partial charge in [0.25, 0.3) is 0 Å². The third-order valence-corrected chi connectivity index (χ3v) is 11.0. The van der Waals surface area contributed by atoms with Gasteiger partial charge in [0.15, 0.2) is 5.96 Å². The highest BCUT2D eigenvalue weighted by molar-refractivity contribution is 5.95. The molecule has 0 radical (unpaired) electrons. The molecule has 2 bridgehead atoms. The third-order valence-electron chi connectivity index (χ3n) is 11.0. The number of carbonyl (C=O) groups excluding carboxylic acids is 1. The highest BCUT2D eigenvalue weighted by Crippen LogP contribution is 2.43. The van der Waals surface area contributed by atoms with Gasteiger partial charge in [-0.1, -0.05) is 30.2 Å². The molecule has 3 fully saturated rings. The number of aromatic amines is 1. The largest absolute Gasteiger partial charge is 0.370 e. The SMILES string of the molecule is Cc1cc(C)cc(-c2[nH]c3ccc(C(C)(C)C(=O)N4C5CCC4CC5)cc3c2[C@H](C)CN=C(N)N2CCC(c3ccncc3)C2)c1. The predicted octanol–water partition coefficient (Wildman–Crippen LogP) is 7.19. The van der Waals surface area contributed by atoms with E-state index in [9.17, 15) is 4.79 Å². The number of aryl methyl sites for hydroxylation is 2. The number of likely N-dealkylation sites (tertiary alicyclic amines) is 1. The van der Waals surface area contributed by atoms with Gasteiger partial charge in [-0.05, 0) is 118 Å². The standard InChI is InChI=1S/C39H48N6O/c1-24-18-25(2)20-29(19-24)36-35(26(3)22-42-38(40)44-17-14-28(23-44)27-12-15-41-16-13-27)33-21-30(6-11-34(33)43-36)39(4,5)37(46)45-31-7-8-32(45)10-9-31/h6,11-13,15-16,18-21,26,28,31-32,43H,7-10,14,17,22-23H2,1-5H3,(H2,40,42)/t26-,28?,31?,32?/m1/s1. The van der Waals surface area contributed by atoms with Crippen LogP contribution in [0.4, 0.5) is 0 Å². The van der Waals surface area contributed by atoms with Gasteiger partial charge in [0.1, 0.15) is 0 Å². The summed E-state index contributed by atoms with van der Waals surface area (Å²) in [5, 5.41) is 1.16. The van der Waals surface area contributed by atoms with Gasteiger partial charge in [-0.2, -0.15) is 0 Å². The third kappa shape index (κ3) is 5.48. The molecule has 7 heteroatoms. The molecule has 7 nitrogen and oxygen atoms in total. The summed E-state index contributed by atoms with van der Waals surface area (Å²) in [6, 6.07) is 18.4. The van der Waals surface area contributed by atoms with Gasteiger partial charge in [0.05, 0.1) is 11.1 Å². The zero-order valence-electron chi connectivity index (χ0n) is 28.0. The number of benzene rings is 2.